The van der Waals surface area contributed by atoms with Crippen LogP contribution in [0.2, 0.25) is 0 Å². The summed E-state index contributed by atoms with van der Waals surface area (Å²) in [6.07, 6.45) is 6.67. The first-order valence-corrected chi connectivity index (χ1v) is 8.07. The molecular formula is C16H20OS. The van der Waals surface area contributed by atoms with E-state index in [2.05, 4.69) is 24.3 Å². The lowest BCUT2D eigenvalue weighted by Crippen LogP contribution is -2.12. The van der Waals surface area contributed by atoms with Gasteiger partial charge < -0.3 is 0 Å². The Hall–Kier alpha value is -0.760. The van der Waals surface area contributed by atoms with Gasteiger partial charge in [0.25, 0.3) is 0 Å². The van der Waals surface area contributed by atoms with Gasteiger partial charge in [0.05, 0.1) is 0 Å². The summed E-state index contributed by atoms with van der Waals surface area (Å²) in [6.45, 7) is 0. The maximum absolute atomic E-state index is 12.1. The van der Waals surface area contributed by atoms with Gasteiger partial charge in [0.1, 0.15) is 5.78 Å². The van der Waals surface area contributed by atoms with Gasteiger partial charge in [-0.3, -0.25) is 4.79 Å². The standard InChI is InChI=1S/C16H20OS/c17-15(12-5-1-2-6-12)10-9-13-11-18-16-8-4-3-7-14(13)16/h3-4,7-8,12-13H,1-2,5-6,9-11H2. The molecule has 2 heteroatoms. The van der Waals surface area contributed by atoms with Gasteiger partial charge in [-0.25, -0.2) is 0 Å². The molecule has 1 unspecified atom stereocenters. The van der Waals surface area contributed by atoms with Crippen molar-refractivity contribution in [1.29, 1.82) is 0 Å². The third-order valence-electron chi connectivity index (χ3n) is 4.35. The van der Waals surface area contributed by atoms with Gasteiger partial charge in [0.15, 0.2) is 0 Å². The maximum atomic E-state index is 12.1. The van der Waals surface area contributed by atoms with Crippen LogP contribution in [0.15, 0.2) is 29.2 Å². The fraction of sp³-hybridized carbons (Fsp3) is 0.562. The van der Waals surface area contributed by atoms with E-state index in [4.69, 9.17) is 0 Å². The van der Waals surface area contributed by atoms with Gasteiger partial charge in [-0.05, 0) is 36.8 Å². The van der Waals surface area contributed by atoms with Crippen LogP contribution in [0.3, 0.4) is 0 Å². The van der Waals surface area contributed by atoms with Crippen LogP contribution in [0.1, 0.15) is 50.0 Å². The minimum Gasteiger partial charge on any atom is -0.299 e. The first kappa shape index (κ1) is 12.3. The van der Waals surface area contributed by atoms with Crippen molar-refractivity contribution in [3.05, 3.63) is 29.8 Å². The summed E-state index contributed by atoms with van der Waals surface area (Å²) in [5.74, 6) is 2.70. The van der Waals surface area contributed by atoms with Crippen molar-refractivity contribution in [2.45, 2.75) is 49.3 Å². The first-order valence-electron chi connectivity index (χ1n) is 7.09. The van der Waals surface area contributed by atoms with Crippen LogP contribution < -0.4 is 0 Å². The molecule has 1 aromatic rings. The summed E-state index contributed by atoms with van der Waals surface area (Å²) in [4.78, 5) is 13.5. The minimum absolute atomic E-state index is 0.397. The summed E-state index contributed by atoms with van der Waals surface area (Å²) >= 11 is 1.95. The predicted octanol–water partition coefficient (Wildman–Crippen LogP) is 4.42. The molecule has 0 bridgehead atoms. The molecule has 1 aliphatic heterocycles. The Bertz CT molecular complexity index is 434. The molecule has 2 aliphatic rings. The number of fused-ring (bicyclic) bond motifs is 1. The highest BCUT2D eigenvalue weighted by Gasteiger charge is 2.26. The third kappa shape index (κ3) is 2.49. The molecule has 96 valence electrons. The van der Waals surface area contributed by atoms with Crippen LogP contribution in [-0.4, -0.2) is 11.5 Å². The van der Waals surface area contributed by atoms with E-state index in [1.54, 1.807) is 0 Å². The normalized spacial score (nSPS) is 23.2. The second-order valence-corrected chi connectivity index (χ2v) is 6.59. The summed E-state index contributed by atoms with van der Waals surface area (Å²) in [5.41, 5.74) is 1.47. The number of ketones is 1. The lowest BCUT2D eigenvalue weighted by atomic mass is 9.91. The molecule has 1 fully saturated rings. The summed E-state index contributed by atoms with van der Waals surface area (Å²) in [6, 6.07) is 8.67. The smallest absolute Gasteiger partial charge is 0.135 e. The third-order valence-corrected chi connectivity index (χ3v) is 5.60. The van der Waals surface area contributed by atoms with E-state index in [1.165, 1.54) is 23.3 Å². The lowest BCUT2D eigenvalue weighted by Gasteiger charge is -2.12. The zero-order valence-electron chi connectivity index (χ0n) is 10.7. The van der Waals surface area contributed by atoms with Gasteiger partial charge >= 0.3 is 0 Å². The number of carbonyl (C=O) groups is 1. The largest absolute Gasteiger partial charge is 0.299 e. The summed E-state index contributed by atoms with van der Waals surface area (Å²) in [7, 11) is 0. The van der Waals surface area contributed by atoms with E-state index < -0.39 is 0 Å². The molecule has 1 atom stereocenters. The molecule has 0 saturated heterocycles. The number of thioether (sulfide) groups is 1. The molecule has 0 radical (unpaired) electrons. The average Bonchev–Trinajstić information content (AvgIpc) is 3.06. The molecule has 1 aromatic carbocycles. The molecule has 1 nitrogen and oxygen atoms in total. The Balaban J connectivity index is 1.57. The van der Waals surface area contributed by atoms with E-state index in [0.29, 0.717) is 17.6 Å². The monoisotopic (exact) mass is 260 g/mol. The van der Waals surface area contributed by atoms with Gasteiger partial charge in [-0.2, -0.15) is 0 Å². The molecule has 1 saturated carbocycles. The van der Waals surface area contributed by atoms with Crippen molar-refractivity contribution in [3.63, 3.8) is 0 Å². The Labute approximate surface area is 113 Å². The second kappa shape index (κ2) is 5.48. The van der Waals surface area contributed by atoms with Crippen LogP contribution in [0, 0.1) is 5.92 Å². The van der Waals surface area contributed by atoms with Crippen molar-refractivity contribution >= 4 is 17.5 Å². The molecule has 0 spiro atoms. The van der Waals surface area contributed by atoms with Crippen molar-refractivity contribution < 1.29 is 4.79 Å². The average molecular weight is 260 g/mol. The van der Waals surface area contributed by atoms with E-state index >= 15 is 0 Å². The fourth-order valence-corrected chi connectivity index (χ4v) is 4.54. The van der Waals surface area contributed by atoms with E-state index in [0.717, 1.165) is 31.4 Å². The minimum atomic E-state index is 0.397. The summed E-state index contributed by atoms with van der Waals surface area (Å²) in [5, 5.41) is 0. The Kier molecular flexibility index (Phi) is 3.74. The molecule has 18 heavy (non-hydrogen) atoms. The van der Waals surface area contributed by atoms with Gasteiger partial charge in [-0.1, -0.05) is 31.0 Å². The Morgan fingerprint density at radius 2 is 2.00 bits per heavy atom. The van der Waals surface area contributed by atoms with Crippen LogP contribution in [0.25, 0.3) is 0 Å². The van der Waals surface area contributed by atoms with E-state index in [-0.39, 0.29) is 0 Å². The molecule has 1 heterocycles. The van der Waals surface area contributed by atoms with Crippen molar-refractivity contribution in [1.82, 2.24) is 0 Å². The highest BCUT2D eigenvalue weighted by molar-refractivity contribution is 7.99. The van der Waals surface area contributed by atoms with Crippen molar-refractivity contribution in [3.8, 4) is 0 Å². The van der Waals surface area contributed by atoms with Crippen LogP contribution in [-0.2, 0) is 4.79 Å². The zero-order chi connectivity index (χ0) is 12.4. The number of hydrogen-bond acceptors (Lipinski definition) is 2. The SMILES string of the molecule is O=C(CCC1CSc2ccccc21)C1CCCC1. The quantitative estimate of drug-likeness (QED) is 0.797. The first-order chi connectivity index (χ1) is 8.84. The number of hydrogen-bond donors (Lipinski definition) is 0. The van der Waals surface area contributed by atoms with Gasteiger partial charge in [0, 0.05) is 23.0 Å². The van der Waals surface area contributed by atoms with Crippen molar-refractivity contribution in [2.24, 2.45) is 5.92 Å². The topological polar surface area (TPSA) is 17.1 Å². The van der Waals surface area contributed by atoms with Gasteiger partial charge in [0.2, 0.25) is 0 Å². The molecule has 3 rings (SSSR count). The highest BCUT2D eigenvalue weighted by Crippen LogP contribution is 2.41. The van der Waals surface area contributed by atoms with Crippen LogP contribution >= 0.6 is 11.8 Å². The van der Waals surface area contributed by atoms with Crippen LogP contribution in [0.4, 0.5) is 0 Å². The Morgan fingerprint density at radius 3 is 2.83 bits per heavy atom. The van der Waals surface area contributed by atoms with Crippen molar-refractivity contribution in [2.75, 3.05) is 5.75 Å². The molecule has 0 amide bonds. The number of benzene rings is 1. The van der Waals surface area contributed by atoms with Crippen LogP contribution in [0.5, 0.6) is 0 Å². The molecular weight excluding hydrogens is 240 g/mol. The fourth-order valence-electron chi connectivity index (χ4n) is 3.24. The lowest BCUT2D eigenvalue weighted by molar-refractivity contribution is -0.122. The zero-order valence-corrected chi connectivity index (χ0v) is 11.5. The highest BCUT2D eigenvalue weighted by atomic mass is 32.2. The summed E-state index contributed by atoms with van der Waals surface area (Å²) < 4.78 is 0. The molecule has 0 N–H and O–H groups in total. The van der Waals surface area contributed by atoms with E-state index in [9.17, 15) is 4.79 Å². The second-order valence-electron chi connectivity index (χ2n) is 5.53. The number of carbonyl (C=O) groups excluding carboxylic acids is 1. The number of rotatable bonds is 4. The maximum Gasteiger partial charge on any atom is 0.135 e. The molecule has 1 aliphatic carbocycles. The Morgan fingerprint density at radius 1 is 1.22 bits per heavy atom. The van der Waals surface area contributed by atoms with E-state index in [1.807, 2.05) is 11.8 Å². The van der Waals surface area contributed by atoms with Gasteiger partial charge in [-0.15, -0.1) is 11.8 Å². The predicted molar refractivity (Wildman–Crippen MR) is 76.1 cm³/mol. The number of Topliss-reactive ketones (excluding diaryl/α,β-unsaturated/α-hetero) is 1. The molecule has 0 aromatic heterocycles.